The van der Waals surface area contributed by atoms with Crippen molar-refractivity contribution in [3.63, 3.8) is 0 Å². The number of aromatic nitrogens is 1. The molecule has 1 spiro atoms. The van der Waals surface area contributed by atoms with Crippen LogP contribution in [-0.4, -0.2) is 65.0 Å². The summed E-state index contributed by atoms with van der Waals surface area (Å²) in [4.78, 5) is 32.5. The number of carbonyl (C=O) groups excluding carboxylic acids is 2. The molecule has 0 N–H and O–H groups in total. The van der Waals surface area contributed by atoms with E-state index in [0.29, 0.717) is 38.5 Å². The lowest BCUT2D eigenvalue weighted by molar-refractivity contribution is -0.157. The molecule has 3 aliphatic heterocycles. The number of carbonyl (C=O) groups is 2. The van der Waals surface area contributed by atoms with Gasteiger partial charge in [-0.2, -0.15) is 0 Å². The Kier molecular flexibility index (Phi) is 4.46. The highest BCUT2D eigenvalue weighted by Crippen LogP contribution is 2.39. The Labute approximate surface area is 148 Å². The molecular formula is C19H25N3O3. The van der Waals surface area contributed by atoms with Crippen LogP contribution in [0.1, 0.15) is 31.2 Å². The number of hydrogen-bond acceptors (Lipinski definition) is 4. The molecule has 0 bridgehead atoms. The number of amides is 2. The molecule has 1 aromatic rings. The van der Waals surface area contributed by atoms with E-state index in [-0.39, 0.29) is 17.4 Å². The zero-order valence-corrected chi connectivity index (χ0v) is 14.5. The first-order valence-electron chi connectivity index (χ1n) is 9.22. The molecule has 0 saturated carbocycles. The molecule has 1 unspecified atom stereocenters. The summed E-state index contributed by atoms with van der Waals surface area (Å²) in [5.41, 5.74) is 0.784. The van der Waals surface area contributed by atoms with Crippen molar-refractivity contribution in [2.75, 3.05) is 32.8 Å². The third-order valence-corrected chi connectivity index (χ3v) is 5.62. The summed E-state index contributed by atoms with van der Waals surface area (Å²) in [6, 6.07) is 3.75. The molecule has 1 atom stereocenters. The van der Waals surface area contributed by atoms with Crippen molar-refractivity contribution >= 4 is 11.8 Å². The monoisotopic (exact) mass is 343 g/mol. The van der Waals surface area contributed by atoms with Crippen LogP contribution in [0.25, 0.3) is 0 Å². The van der Waals surface area contributed by atoms with Gasteiger partial charge in [-0.1, -0.05) is 0 Å². The van der Waals surface area contributed by atoms with Crippen LogP contribution in [-0.2, 0) is 20.7 Å². The topological polar surface area (TPSA) is 62.7 Å². The Bertz CT molecular complexity index is 637. The van der Waals surface area contributed by atoms with E-state index < -0.39 is 0 Å². The molecule has 0 aromatic carbocycles. The van der Waals surface area contributed by atoms with Gasteiger partial charge in [-0.25, -0.2) is 0 Å². The molecular weight excluding hydrogens is 318 g/mol. The second-order valence-corrected chi connectivity index (χ2v) is 7.64. The van der Waals surface area contributed by atoms with Crippen LogP contribution in [0, 0.1) is 5.92 Å². The van der Waals surface area contributed by atoms with E-state index in [9.17, 15) is 9.59 Å². The van der Waals surface area contributed by atoms with Crippen molar-refractivity contribution < 1.29 is 14.3 Å². The van der Waals surface area contributed by atoms with Gasteiger partial charge in [0.25, 0.3) is 0 Å². The second-order valence-electron chi connectivity index (χ2n) is 7.64. The van der Waals surface area contributed by atoms with Gasteiger partial charge in [-0.3, -0.25) is 14.6 Å². The van der Waals surface area contributed by atoms with Gasteiger partial charge in [-0.05, 0) is 42.9 Å². The highest BCUT2D eigenvalue weighted by Gasteiger charge is 2.51. The Balaban J connectivity index is 1.24. The summed E-state index contributed by atoms with van der Waals surface area (Å²) in [6.07, 6.45) is 7.58. The van der Waals surface area contributed by atoms with Crippen molar-refractivity contribution in [1.29, 1.82) is 0 Å². The van der Waals surface area contributed by atoms with Crippen molar-refractivity contribution in [2.24, 2.45) is 5.92 Å². The molecule has 6 nitrogen and oxygen atoms in total. The number of hydrogen-bond donors (Lipinski definition) is 0. The highest BCUT2D eigenvalue weighted by molar-refractivity contribution is 5.80. The predicted octanol–water partition coefficient (Wildman–Crippen LogP) is 1.25. The maximum atomic E-state index is 12.4. The quantitative estimate of drug-likeness (QED) is 0.826. The lowest BCUT2D eigenvalue weighted by Gasteiger charge is -2.47. The van der Waals surface area contributed by atoms with E-state index in [1.165, 1.54) is 0 Å². The molecule has 25 heavy (non-hydrogen) atoms. The molecule has 2 amide bonds. The molecule has 134 valence electrons. The summed E-state index contributed by atoms with van der Waals surface area (Å²) in [7, 11) is 0. The molecule has 4 heterocycles. The minimum absolute atomic E-state index is 0.136. The van der Waals surface area contributed by atoms with Gasteiger partial charge in [0, 0.05) is 31.9 Å². The van der Waals surface area contributed by atoms with Crippen LogP contribution < -0.4 is 0 Å². The van der Waals surface area contributed by atoms with Gasteiger partial charge < -0.3 is 14.5 Å². The van der Waals surface area contributed by atoms with E-state index in [2.05, 4.69) is 4.98 Å². The molecule has 3 aliphatic rings. The lowest BCUT2D eigenvalue weighted by atomic mass is 9.85. The van der Waals surface area contributed by atoms with Crippen LogP contribution in [0.5, 0.6) is 0 Å². The average molecular weight is 343 g/mol. The van der Waals surface area contributed by atoms with Crippen LogP contribution >= 0.6 is 0 Å². The second kappa shape index (κ2) is 6.75. The number of rotatable bonds is 4. The lowest BCUT2D eigenvalue weighted by Crippen LogP contribution is -2.63. The maximum Gasteiger partial charge on any atom is 0.227 e. The van der Waals surface area contributed by atoms with Gasteiger partial charge in [0.15, 0.2) is 0 Å². The van der Waals surface area contributed by atoms with E-state index in [1.54, 1.807) is 12.4 Å². The highest BCUT2D eigenvalue weighted by atomic mass is 16.5. The molecule has 3 saturated heterocycles. The summed E-state index contributed by atoms with van der Waals surface area (Å²) in [5, 5.41) is 0. The molecule has 1 aromatic heterocycles. The Morgan fingerprint density at radius 3 is 2.56 bits per heavy atom. The predicted molar refractivity (Wildman–Crippen MR) is 91.7 cm³/mol. The van der Waals surface area contributed by atoms with E-state index in [4.69, 9.17) is 4.74 Å². The van der Waals surface area contributed by atoms with Gasteiger partial charge in [0.1, 0.15) is 5.60 Å². The van der Waals surface area contributed by atoms with Crippen LogP contribution in [0.2, 0.25) is 0 Å². The third kappa shape index (κ3) is 3.54. The zero-order valence-electron chi connectivity index (χ0n) is 14.5. The average Bonchev–Trinajstić information content (AvgIpc) is 3.24. The van der Waals surface area contributed by atoms with Crippen molar-refractivity contribution in [2.45, 2.75) is 37.7 Å². The van der Waals surface area contributed by atoms with Crippen molar-refractivity contribution in [1.82, 2.24) is 14.8 Å². The number of pyridine rings is 1. The Morgan fingerprint density at radius 1 is 1.12 bits per heavy atom. The summed E-state index contributed by atoms with van der Waals surface area (Å²) >= 11 is 0. The molecule has 0 radical (unpaired) electrons. The van der Waals surface area contributed by atoms with Crippen molar-refractivity contribution in [3.8, 4) is 0 Å². The smallest absolute Gasteiger partial charge is 0.227 e. The number of nitrogens with zero attached hydrogens (tertiary/aromatic N) is 3. The van der Waals surface area contributed by atoms with E-state index in [1.807, 2.05) is 21.9 Å². The first-order chi connectivity index (χ1) is 12.1. The SMILES string of the molecule is O=C(CC1COC2(C1)CN(C(=O)Cc1ccncc1)C2)N1CCCC1. The normalized spacial score (nSPS) is 24.6. The minimum Gasteiger partial charge on any atom is -0.371 e. The summed E-state index contributed by atoms with van der Waals surface area (Å²) in [5.74, 6) is 0.704. The summed E-state index contributed by atoms with van der Waals surface area (Å²) < 4.78 is 6.01. The van der Waals surface area contributed by atoms with Gasteiger partial charge in [-0.15, -0.1) is 0 Å². The zero-order chi connectivity index (χ0) is 17.3. The first kappa shape index (κ1) is 16.5. The van der Waals surface area contributed by atoms with Gasteiger partial charge in [0.2, 0.25) is 11.8 Å². The molecule has 4 rings (SSSR count). The minimum atomic E-state index is -0.205. The fourth-order valence-corrected chi connectivity index (χ4v) is 4.25. The Hall–Kier alpha value is -1.95. The fourth-order valence-electron chi connectivity index (χ4n) is 4.25. The molecule has 0 aliphatic carbocycles. The van der Waals surface area contributed by atoms with E-state index in [0.717, 1.165) is 37.9 Å². The van der Waals surface area contributed by atoms with E-state index >= 15 is 0 Å². The first-order valence-corrected chi connectivity index (χ1v) is 9.22. The van der Waals surface area contributed by atoms with Crippen molar-refractivity contribution in [3.05, 3.63) is 30.1 Å². The largest absolute Gasteiger partial charge is 0.371 e. The fraction of sp³-hybridized carbons (Fsp3) is 0.632. The molecule has 3 fully saturated rings. The number of likely N-dealkylation sites (tertiary alicyclic amines) is 2. The Morgan fingerprint density at radius 2 is 1.84 bits per heavy atom. The third-order valence-electron chi connectivity index (χ3n) is 5.62. The van der Waals surface area contributed by atoms with Crippen LogP contribution in [0.4, 0.5) is 0 Å². The van der Waals surface area contributed by atoms with Crippen LogP contribution in [0.15, 0.2) is 24.5 Å². The standard InChI is InChI=1S/C19H25N3O3/c23-17(21-7-1-2-8-21)10-16-11-19(25-12-16)13-22(14-19)18(24)9-15-3-5-20-6-4-15/h3-6,16H,1-2,7-14H2. The molecule has 6 heteroatoms. The van der Waals surface area contributed by atoms with Crippen LogP contribution in [0.3, 0.4) is 0 Å². The number of ether oxygens (including phenoxy) is 1. The summed E-state index contributed by atoms with van der Waals surface area (Å²) in [6.45, 7) is 3.78. The maximum absolute atomic E-state index is 12.4. The van der Waals surface area contributed by atoms with Gasteiger partial charge >= 0.3 is 0 Å². The van der Waals surface area contributed by atoms with Gasteiger partial charge in [0.05, 0.1) is 26.1 Å².